The summed E-state index contributed by atoms with van der Waals surface area (Å²) < 4.78 is 61.1. The first-order valence-corrected chi connectivity index (χ1v) is 10.1. The largest absolute Gasteiger partial charge is 0.383 e. The Bertz CT molecular complexity index is 901. The van der Waals surface area contributed by atoms with Crippen molar-refractivity contribution in [2.45, 2.75) is 18.9 Å². The molecule has 0 aliphatic carbocycles. The third-order valence-corrected chi connectivity index (χ3v) is 6.59. The first-order chi connectivity index (χ1) is 12.9. The minimum absolute atomic E-state index is 0.207. The highest BCUT2D eigenvalue weighted by molar-refractivity contribution is 7.87. The maximum absolute atomic E-state index is 14.3. The van der Waals surface area contributed by atoms with E-state index in [1.807, 2.05) is 4.90 Å². The van der Waals surface area contributed by atoms with E-state index >= 15 is 0 Å². The van der Waals surface area contributed by atoms with Crippen molar-refractivity contribution in [3.8, 4) is 0 Å². The number of hydrogen-bond acceptors (Lipinski definition) is 4. The molecule has 3 rings (SSSR count). The Morgan fingerprint density at radius 3 is 2.81 bits per heavy atom. The summed E-state index contributed by atoms with van der Waals surface area (Å²) >= 11 is 0. The molecular formula is C18H23F2N3O3S. The number of benzene rings is 1. The van der Waals surface area contributed by atoms with Gasteiger partial charge in [0.15, 0.2) is 0 Å². The van der Waals surface area contributed by atoms with Gasteiger partial charge in [-0.3, -0.25) is 0 Å². The van der Waals surface area contributed by atoms with Crippen LogP contribution in [0.15, 0.2) is 36.5 Å². The second-order valence-corrected chi connectivity index (χ2v) is 8.41. The average Bonchev–Trinajstić information content (AvgIpc) is 3.30. The fourth-order valence-corrected chi connectivity index (χ4v) is 4.63. The summed E-state index contributed by atoms with van der Waals surface area (Å²) in [6, 6.07) is 6.26. The van der Waals surface area contributed by atoms with E-state index in [9.17, 15) is 17.2 Å². The number of halogens is 2. The molecule has 27 heavy (non-hydrogen) atoms. The van der Waals surface area contributed by atoms with E-state index in [4.69, 9.17) is 4.74 Å². The molecule has 2 heterocycles. The van der Waals surface area contributed by atoms with E-state index in [-0.39, 0.29) is 18.7 Å². The lowest BCUT2D eigenvalue weighted by Crippen LogP contribution is -2.36. The number of anilines is 1. The fourth-order valence-electron chi connectivity index (χ4n) is 3.39. The van der Waals surface area contributed by atoms with Crippen molar-refractivity contribution in [3.05, 3.63) is 53.7 Å². The molecule has 1 aromatic heterocycles. The van der Waals surface area contributed by atoms with Crippen molar-refractivity contribution in [3.63, 3.8) is 0 Å². The van der Waals surface area contributed by atoms with Gasteiger partial charge in [0.05, 0.1) is 12.6 Å². The summed E-state index contributed by atoms with van der Waals surface area (Å²) in [5.74, 6) is -0.572. The number of rotatable bonds is 7. The molecule has 1 saturated heterocycles. The molecule has 9 heteroatoms. The Morgan fingerprint density at radius 2 is 2.07 bits per heavy atom. The SMILES string of the molecule is COCCN(C)S(=O)(=O)n1cccc1N1CCC[C@@H]1c1cc(F)ccc1F. The molecule has 0 amide bonds. The molecule has 6 nitrogen and oxygen atoms in total. The van der Waals surface area contributed by atoms with Crippen molar-refractivity contribution in [1.29, 1.82) is 0 Å². The first-order valence-electron chi connectivity index (χ1n) is 8.71. The molecule has 0 bridgehead atoms. The zero-order chi connectivity index (χ0) is 19.6. The van der Waals surface area contributed by atoms with E-state index in [1.165, 1.54) is 34.7 Å². The topological polar surface area (TPSA) is 54.8 Å². The molecule has 148 valence electrons. The van der Waals surface area contributed by atoms with Gasteiger partial charge in [0, 0.05) is 39.0 Å². The van der Waals surface area contributed by atoms with Crippen molar-refractivity contribution >= 4 is 16.0 Å². The zero-order valence-corrected chi connectivity index (χ0v) is 16.1. The van der Waals surface area contributed by atoms with Gasteiger partial charge in [0.2, 0.25) is 0 Å². The molecule has 0 radical (unpaired) electrons. The van der Waals surface area contributed by atoms with Crippen LogP contribution >= 0.6 is 0 Å². The van der Waals surface area contributed by atoms with Crippen LogP contribution in [0.1, 0.15) is 24.4 Å². The van der Waals surface area contributed by atoms with E-state index in [0.29, 0.717) is 18.8 Å². The number of methoxy groups -OCH3 is 1. The van der Waals surface area contributed by atoms with Crippen LogP contribution in [0.25, 0.3) is 0 Å². The second-order valence-electron chi connectivity index (χ2n) is 6.50. The highest BCUT2D eigenvalue weighted by Gasteiger charge is 2.33. The summed E-state index contributed by atoms with van der Waals surface area (Å²) in [4.78, 5) is 1.82. The second kappa shape index (κ2) is 7.95. The van der Waals surface area contributed by atoms with Crippen LogP contribution in [0.3, 0.4) is 0 Å². The van der Waals surface area contributed by atoms with Gasteiger partial charge >= 0.3 is 10.2 Å². The summed E-state index contributed by atoms with van der Waals surface area (Å²) in [5, 5.41) is 0. The van der Waals surface area contributed by atoms with Gasteiger partial charge in [-0.05, 0) is 43.2 Å². The summed E-state index contributed by atoms with van der Waals surface area (Å²) in [6.07, 6.45) is 2.84. The maximum atomic E-state index is 14.3. The molecule has 0 spiro atoms. The molecule has 1 atom stereocenters. The minimum atomic E-state index is -3.80. The van der Waals surface area contributed by atoms with Crippen LogP contribution < -0.4 is 4.90 Å². The van der Waals surface area contributed by atoms with Crippen LogP contribution in [0.2, 0.25) is 0 Å². The van der Waals surface area contributed by atoms with Gasteiger partial charge in [0.1, 0.15) is 17.5 Å². The predicted molar refractivity (Wildman–Crippen MR) is 98.9 cm³/mol. The van der Waals surface area contributed by atoms with Gasteiger partial charge in [-0.15, -0.1) is 0 Å². The van der Waals surface area contributed by atoms with E-state index < -0.39 is 27.9 Å². The molecule has 0 saturated carbocycles. The van der Waals surface area contributed by atoms with Gasteiger partial charge in [0.25, 0.3) is 0 Å². The fraction of sp³-hybridized carbons (Fsp3) is 0.444. The minimum Gasteiger partial charge on any atom is -0.383 e. The zero-order valence-electron chi connectivity index (χ0n) is 15.3. The molecule has 2 aromatic rings. The molecule has 1 aliphatic rings. The lowest BCUT2D eigenvalue weighted by molar-refractivity contribution is 0.184. The standard InChI is InChI=1S/C18H23F2N3O3S/c1-21(11-12-26-2)27(24,25)23-10-4-6-18(23)22-9-3-5-17(22)15-13-14(19)7-8-16(15)20/h4,6-8,10,13,17H,3,5,9,11-12H2,1-2H3/t17-/m1/s1. The van der Waals surface area contributed by atoms with Crippen molar-refractivity contribution in [1.82, 2.24) is 8.28 Å². The monoisotopic (exact) mass is 399 g/mol. The maximum Gasteiger partial charge on any atom is 0.308 e. The Hall–Kier alpha value is -1.97. The lowest BCUT2D eigenvalue weighted by Gasteiger charge is -2.29. The third kappa shape index (κ3) is 3.85. The Labute approximate surface area is 158 Å². The Morgan fingerprint density at radius 1 is 1.30 bits per heavy atom. The van der Waals surface area contributed by atoms with Crippen molar-refractivity contribution in [2.24, 2.45) is 0 Å². The van der Waals surface area contributed by atoms with Gasteiger partial charge in [-0.25, -0.2) is 12.8 Å². The first kappa shape index (κ1) is 19.8. The van der Waals surface area contributed by atoms with Crippen molar-refractivity contribution in [2.75, 3.05) is 38.8 Å². The lowest BCUT2D eigenvalue weighted by atomic mass is 10.0. The van der Waals surface area contributed by atoms with Crippen molar-refractivity contribution < 1.29 is 21.9 Å². The number of aromatic nitrogens is 1. The van der Waals surface area contributed by atoms with Crippen LogP contribution in [-0.4, -0.2) is 50.5 Å². The third-order valence-electron chi connectivity index (χ3n) is 4.81. The van der Waals surface area contributed by atoms with Crippen LogP contribution in [-0.2, 0) is 14.9 Å². The Balaban J connectivity index is 1.96. The number of hydrogen-bond donors (Lipinski definition) is 0. The van der Waals surface area contributed by atoms with Crippen LogP contribution in [0, 0.1) is 11.6 Å². The molecule has 1 aliphatic heterocycles. The number of likely N-dealkylation sites (N-methyl/N-ethyl adjacent to an activating group) is 1. The van der Waals surface area contributed by atoms with Gasteiger partial charge in [-0.2, -0.15) is 12.7 Å². The van der Waals surface area contributed by atoms with Gasteiger partial charge < -0.3 is 9.64 Å². The molecule has 0 N–H and O–H groups in total. The quantitative estimate of drug-likeness (QED) is 0.719. The van der Waals surface area contributed by atoms with Crippen LogP contribution in [0.5, 0.6) is 0 Å². The normalized spacial score (nSPS) is 17.8. The summed E-state index contributed by atoms with van der Waals surface area (Å²) in [5.41, 5.74) is 0.241. The molecule has 1 aromatic carbocycles. The van der Waals surface area contributed by atoms with Gasteiger partial charge in [-0.1, -0.05) is 0 Å². The van der Waals surface area contributed by atoms with Crippen LogP contribution in [0.4, 0.5) is 14.6 Å². The Kier molecular flexibility index (Phi) is 5.83. The van der Waals surface area contributed by atoms with E-state index in [0.717, 1.165) is 18.6 Å². The highest BCUT2D eigenvalue weighted by atomic mass is 32.2. The molecular weight excluding hydrogens is 376 g/mol. The van der Waals surface area contributed by atoms with E-state index in [1.54, 1.807) is 12.1 Å². The predicted octanol–water partition coefficient (Wildman–Crippen LogP) is 2.78. The highest BCUT2D eigenvalue weighted by Crippen LogP contribution is 2.38. The summed E-state index contributed by atoms with van der Waals surface area (Å²) in [6.45, 7) is 1.04. The molecule has 0 unspecified atom stereocenters. The van der Waals surface area contributed by atoms with E-state index in [2.05, 4.69) is 0 Å². The number of nitrogens with zero attached hydrogens (tertiary/aromatic N) is 3. The average molecular weight is 399 g/mol. The smallest absolute Gasteiger partial charge is 0.308 e. The number of ether oxygens (including phenoxy) is 1. The molecule has 1 fully saturated rings. The summed E-state index contributed by atoms with van der Waals surface area (Å²) in [7, 11) is -0.817.